The van der Waals surface area contributed by atoms with Crippen molar-refractivity contribution >= 4 is 24.0 Å². The highest BCUT2D eigenvalue weighted by atomic mass is 35.5. The number of nitrogens with two attached hydrogens (primary N) is 1. The van der Waals surface area contributed by atoms with E-state index in [1.807, 2.05) is 6.07 Å². The Bertz CT molecular complexity index is 343. The van der Waals surface area contributed by atoms with E-state index in [9.17, 15) is 4.79 Å². The number of nitrogens with one attached hydrogen (secondary N) is 1. The van der Waals surface area contributed by atoms with Gasteiger partial charge < -0.3 is 11.1 Å². The van der Waals surface area contributed by atoms with E-state index in [0.29, 0.717) is 0 Å². The molecule has 0 saturated carbocycles. The van der Waals surface area contributed by atoms with Crippen LogP contribution < -0.4 is 11.1 Å². The van der Waals surface area contributed by atoms with Gasteiger partial charge in [-0.2, -0.15) is 0 Å². The lowest BCUT2D eigenvalue weighted by Gasteiger charge is -2.23. The van der Waals surface area contributed by atoms with Crippen molar-refractivity contribution in [1.82, 2.24) is 4.98 Å². The van der Waals surface area contributed by atoms with Crippen molar-refractivity contribution in [2.75, 3.05) is 5.32 Å². The summed E-state index contributed by atoms with van der Waals surface area (Å²) in [5.41, 5.74) is 7.33. The molecule has 76 valence electrons. The SMILES string of the molecule is Cl.NC(=O)C1CCc2ccncc2N1. The van der Waals surface area contributed by atoms with Crippen molar-refractivity contribution < 1.29 is 4.79 Å². The molecule has 0 bridgehead atoms. The van der Waals surface area contributed by atoms with E-state index in [1.54, 1.807) is 12.4 Å². The minimum Gasteiger partial charge on any atom is -0.372 e. The lowest BCUT2D eigenvalue weighted by atomic mass is 9.99. The summed E-state index contributed by atoms with van der Waals surface area (Å²) < 4.78 is 0. The number of aryl methyl sites for hydroxylation is 1. The van der Waals surface area contributed by atoms with Gasteiger partial charge >= 0.3 is 0 Å². The van der Waals surface area contributed by atoms with Gasteiger partial charge in [0.1, 0.15) is 6.04 Å². The summed E-state index contributed by atoms with van der Waals surface area (Å²) in [5, 5.41) is 3.06. The van der Waals surface area contributed by atoms with E-state index in [1.165, 1.54) is 5.56 Å². The minimum absolute atomic E-state index is 0. The molecule has 1 unspecified atom stereocenters. The van der Waals surface area contributed by atoms with Crippen LogP contribution in [0.5, 0.6) is 0 Å². The van der Waals surface area contributed by atoms with Crippen LogP contribution in [0, 0.1) is 0 Å². The molecular formula is C9H12ClN3O. The largest absolute Gasteiger partial charge is 0.372 e. The predicted octanol–water partition coefficient (Wildman–Crippen LogP) is 0.715. The van der Waals surface area contributed by atoms with Crippen molar-refractivity contribution in [2.24, 2.45) is 5.73 Å². The third kappa shape index (κ3) is 1.96. The number of amides is 1. The van der Waals surface area contributed by atoms with Crippen molar-refractivity contribution in [3.63, 3.8) is 0 Å². The van der Waals surface area contributed by atoms with E-state index >= 15 is 0 Å². The van der Waals surface area contributed by atoms with E-state index in [-0.39, 0.29) is 24.4 Å². The van der Waals surface area contributed by atoms with Crippen LogP contribution in [0.2, 0.25) is 0 Å². The molecule has 0 radical (unpaired) electrons. The Morgan fingerprint density at radius 3 is 3.14 bits per heavy atom. The number of pyridine rings is 1. The quantitative estimate of drug-likeness (QED) is 0.722. The standard InChI is InChI=1S/C9H11N3O.ClH/c10-9(13)7-2-1-6-3-4-11-5-8(6)12-7;/h3-5,7,12H,1-2H2,(H2,10,13);1H. The lowest BCUT2D eigenvalue weighted by molar-refractivity contribution is -0.118. The summed E-state index contributed by atoms with van der Waals surface area (Å²) in [6.07, 6.45) is 5.14. The Balaban J connectivity index is 0.000000980. The van der Waals surface area contributed by atoms with E-state index in [0.717, 1.165) is 18.5 Å². The molecule has 2 rings (SSSR count). The molecule has 1 aliphatic heterocycles. The number of carbonyl (C=O) groups is 1. The molecule has 5 heteroatoms. The molecule has 1 atom stereocenters. The smallest absolute Gasteiger partial charge is 0.239 e. The van der Waals surface area contributed by atoms with Crippen molar-refractivity contribution in [3.8, 4) is 0 Å². The first-order valence-electron chi connectivity index (χ1n) is 4.26. The number of hydrogen-bond donors (Lipinski definition) is 2. The molecule has 0 aromatic carbocycles. The maximum absolute atomic E-state index is 10.9. The van der Waals surface area contributed by atoms with E-state index in [4.69, 9.17) is 5.73 Å². The fourth-order valence-electron chi connectivity index (χ4n) is 1.54. The van der Waals surface area contributed by atoms with Gasteiger partial charge in [0.15, 0.2) is 0 Å². The number of anilines is 1. The highest BCUT2D eigenvalue weighted by Crippen LogP contribution is 2.22. The molecule has 0 fully saturated rings. The number of carbonyl (C=O) groups excluding carboxylic acids is 1. The number of hydrogen-bond acceptors (Lipinski definition) is 3. The van der Waals surface area contributed by atoms with Gasteiger partial charge in [-0.3, -0.25) is 9.78 Å². The average Bonchev–Trinajstić information content (AvgIpc) is 2.17. The Kier molecular flexibility index (Phi) is 3.30. The van der Waals surface area contributed by atoms with Crippen LogP contribution in [0.3, 0.4) is 0 Å². The van der Waals surface area contributed by atoms with Crippen LogP contribution in [-0.2, 0) is 11.2 Å². The fraction of sp³-hybridized carbons (Fsp3) is 0.333. The van der Waals surface area contributed by atoms with Crippen LogP contribution in [0.1, 0.15) is 12.0 Å². The van der Waals surface area contributed by atoms with Crippen molar-refractivity contribution in [1.29, 1.82) is 0 Å². The number of rotatable bonds is 1. The number of aromatic nitrogens is 1. The monoisotopic (exact) mass is 213 g/mol. The zero-order valence-corrected chi connectivity index (χ0v) is 8.38. The van der Waals surface area contributed by atoms with Gasteiger partial charge in [-0.1, -0.05) is 0 Å². The number of nitrogens with zero attached hydrogens (tertiary/aromatic N) is 1. The average molecular weight is 214 g/mol. The van der Waals surface area contributed by atoms with Gasteiger partial charge in [0.2, 0.25) is 5.91 Å². The third-order valence-corrected chi connectivity index (χ3v) is 2.29. The van der Waals surface area contributed by atoms with Gasteiger partial charge in [-0.25, -0.2) is 0 Å². The van der Waals surface area contributed by atoms with Crippen molar-refractivity contribution in [2.45, 2.75) is 18.9 Å². The number of fused-ring (bicyclic) bond motifs is 1. The molecule has 0 spiro atoms. The Hall–Kier alpha value is -1.29. The third-order valence-electron chi connectivity index (χ3n) is 2.29. The molecule has 1 aliphatic rings. The highest BCUT2D eigenvalue weighted by Gasteiger charge is 2.21. The summed E-state index contributed by atoms with van der Waals surface area (Å²) in [5.74, 6) is -0.297. The Labute approximate surface area is 88.3 Å². The molecule has 3 N–H and O–H groups in total. The second kappa shape index (κ2) is 4.28. The van der Waals surface area contributed by atoms with E-state index < -0.39 is 0 Å². The summed E-state index contributed by atoms with van der Waals surface area (Å²) in [6.45, 7) is 0. The van der Waals surface area contributed by atoms with Crippen LogP contribution in [0.4, 0.5) is 5.69 Å². The number of primary amides is 1. The minimum atomic E-state index is -0.297. The topological polar surface area (TPSA) is 68.0 Å². The van der Waals surface area contributed by atoms with Crippen LogP contribution in [0.25, 0.3) is 0 Å². The molecule has 1 aromatic heterocycles. The molecule has 1 amide bonds. The second-order valence-corrected chi connectivity index (χ2v) is 3.17. The Morgan fingerprint density at radius 1 is 1.64 bits per heavy atom. The Morgan fingerprint density at radius 2 is 2.43 bits per heavy atom. The summed E-state index contributed by atoms with van der Waals surface area (Å²) in [6, 6.07) is 1.72. The zero-order valence-electron chi connectivity index (χ0n) is 7.56. The molecule has 0 saturated heterocycles. The highest BCUT2D eigenvalue weighted by molar-refractivity contribution is 5.85. The normalized spacial score (nSPS) is 18.7. The van der Waals surface area contributed by atoms with E-state index in [2.05, 4.69) is 10.3 Å². The summed E-state index contributed by atoms with van der Waals surface area (Å²) >= 11 is 0. The molecular weight excluding hydrogens is 202 g/mol. The van der Waals surface area contributed by atoms with Gasteiger partial charge in [0.05, 0.1) is 11.9 Å². The summed E-state index contributed by atoms with van der Waals surface area (Å²) in [7, 11) is 0. The lowest BCUT2D eigenvalue weighted by Crippen LogP contribution is -2.38. The van der Waals surface area contributed by atoms with Crippen LogP contribution in [-0.4, -0.2) is 16.9 Å². The first-order chi connectivity index (χ1) is 6.27. The maximum atomic E-state index is 10.9. The van der Waals surface area contributed by atoms with Gasteiger partial charge in [0.25, 0.3) is 0 Å². The van der Waals surface area contributed by atoms with Gasteiger partial charge in [-0.05, 0) is 24.5 Å². The fourth-order valence-corrected chi connectivity index (χ4v) is 1.54. The van der Waals surface area contributed by atoms with Gasteiger partial charge in [0, 0.05) is 6.20 Å². The van der Waals surface area contributed by atoms with Crippen molar-refractivity contribution in [3.05, 3.63) is 24.0 Å². The predicted molar refractivity (Wildman–Crippen MR) is 56.4 cm³/mol. The first kappa shape index (κ1) is 10.8. The number of halogens is 1. The maximum Gasteiger partial charge on any atom is 0.239 e. The second-order valence-electron chi connectivity index (χ2n) is 3.17. The zero-order chi connectivity index (χ0) is 9.26. The van der Waals surface area contributed by atoms with Crippen LogP contribution in [0.15, 0.2) is 18.5 Å². The molecule has 4 nitrogen and oxygen atoms in total. The summed E-state index contributed by atoms with van der Waals surface area (Å²) in [4.78, 5) is 14.9. The molecule has 0 aliphatic carbocycles. The van der Waals surface area contributed by atoms with Crippen LogP contribution >= 0.6 is 12.4 Å². The molecule has 1 aromatic rings. The first-order valence-corrected chi connectivity index (χ1v) is 4.26. The van der Waals surface area contributed by atoms with Gasteiger partial charge in [-0.15, -0.1) is 12.4 Å². The molecule has 2 heterocycles. The molecule has 14 heavy (non-hydrogen) atoms.